The molecule has 1 aliphatic rings. The molecule has 1 aromatic heterocycles. The van der Waals surface area contributed by atoms with Crippen molar-refractivity contribution in [3.05, 3.63) is 0 Å². The first kappa shape index (κ1) is 14.8. The van der Waals surface area contributed by atoms with Gasteiger partial charge in [-0.1, -0.05) is 0 Å². The number of aromatic nitrogens is 3. The molecule has 0 radical (unpaired) electrons. The first-order valence-electron chi connectivity index (χ1n) is 6.84. The van der Waals surface area contributed by atoms with Crippen molar-refractivity contribution in [3.8, 4) is 0 Å². The zero-order chi connectivity index (χ0) is 14.9. The van der Waals surface area contributed by atoms with E-state index < -0.39 is 0 Å². The van der Waals surface area contributed by atoms with Crippen LogP contribution in [0.2, 0.25) is 0 Å². The van der Waals surface area contributed by atoms with Crippen LogP contribution in [0.25, 0.3) is 0 Å². The monoisotopic (exact) mass is 280 g/mol. The van der Waals surface area contributed by atoms with Crippen LogP contribution in [0.1, 0.15) is 20.8 Å². The molecule has 1 atom stereocenters. The smallest absolute Gasteiger partial charge is 0.232 e. The van der Waals surface area contributed by atoms with E-state index in [0.29, 0.717) is 17.8 Å². The van der Waals surface area contributed by atoms with Crippen LogP contribution in [-0.4, -0.2) is 60.9 Å². The molecule has 7 nitrogen and oxygen atoms in total. The third-order valence-corrected chi connectivity index (χ3v) is 3.09. The van der Waals surface area contributed by atoms with Crippen molar-refractivity contribution in [3.63, 3.8) is 0 Å². The fourth-order valence-corrected chi connectivity index (χ4v) is 2.41. The highest BCUT2D eigenvalue weighted by Crippen LogP contribution is 2.25. The zero-order valence-electron chi connectivity index (χ0n) is 13.1. The maximum atomic E-state index is 5.92. The fourth-order valence-electron chi connectivity index (χ4n) is 2.41. The van der Waals surface area contributed by atoms with Crippen LogP contribution in [0.15, 0.2) is 0 Å². The van der Waals surface area contributed by atoms with Crippen molar-refractivity contribution in [1.82, 2.24) is 15.0 Å². The van der Waals surface area contributed by atoms with Crippen molar-refractivity contribution in [2.24, 2.45) is 0 Å². The van der Waals surface area contributed by atoms with Crippen LogP contribution in [0, 0.1) is 0 Å². The molecule has 1 fully saturated rings. The highest BCUT2D eigenvalue weighted by Gasteiger charge is 2.33. The molecule has 0 aromatic carbocycles. The molecule has 2 heterocycles. The minimum atomic E-state index is -0.206. The molecule has 1 aromatic rings. The molecule has 1 N–H and O–H groups in total. The lowest BCUT2D eigenvalue weighted by Gasteiger charge is -2.41. The van der Waals surface area contributed by atoms with Crippen molar-refractivity contribution >= 4 is 17.8 Å². The normalized spacial score (nSPS) is 21.7. The Balaban J connectivity index is 2.33. The second kappa shape index (κ2) is 5.40. The van der Waals surface area contributed by atoms with E-state index >= 15 is 0 Å². The van der Waals surface area contributed by atoms with E-state index in [1.54, 1.807) is 0 Å². The van der Waals surface area contributed by atoms with Gasteiger partial charge in [0, 0.05) is 34.2 Å². The summed E-state index contributed by atoms with van der Waals surface area (Å²) in [7, 11) is 5.65. The quantitative estimate of drug-likeness (QED) is 0.885. The van der Waals surface area contributed by atoms with Gasteiger partial charge in [0.25, 0.3) is 0 Å². The van der Waals surface area contributed by atoms with Crippen molar-refractivity contribution in [1.29, 1.82) is 0 Å². The maximum absolute atomic E-state index is 5.92. The molecule has 0 spiro atoms. The van der Waals surface area contributed by atoms with Crippen molar-refractivity contribution in [2.45, 2.75) is 32.5 Å². The van der Waals surface area contributed by atoms with Crippen LogP contribution >= 0.6 is 0 Å². The standard InChI is InChI=1S/C13H24N6O/c1-9-7-19(8-13(2,3)20-9)12-16-10(14-4)15-11(17-12)18(5)6/h9H,7-8H2,1-6H3,(H,14,15,16,17). The Bertz CT molecular complexity index is 476. The highest BCUT2D eigenvalue weighted by atomic mass is 16.5. The summed E-state index contributed by atoms with van der Waals surface area (Å²) >= 11 is 0. The van der Waals surface area contributed by atoms with E-state index in [9.17, 15) is 0 Å². The minimum Gasteiger partial charge on any atom is -0.369 e. The molecule has 20 heavy (non-hydrogen) atoms. The van der Waals surface area contributed by atoms with Crippen LogP contribution in [0.3, 0.4) is 0 Å². The Kier molecular flexibility index (Phi) is 3.99. The number of hydrogen-bond donors (Lipinski definition) is 1. The number of hydrogen-bond acceptors (Lipinski definition) is 7. The average molecular weight is 280 g/mol. The van der Waals surface area contributed by atoms with Crippen LogP contribution in [0.5, 0.6) is 0 Å². The Morgan fingerprint density at radius 3 is 2.55 bits per heavy atom. The molecule has 1 saturated heterocycles. The van der Waals surface area contributed by atoms with E-state index in [-0.39, 0.29) is 11.7 Å². The van der Waals surface area contributed by atoms with Crippen molar-refractivity contribution in [2.75, 3.05) is 49.3 Å². The predicted molar refractivity (Wildman–Crippen MR) is 80.5 cm³/mol. The molecule has 0 saturated carbocycles. The average Bonchev–Trinajstić information content (AvgIpc) is 2.35. The zero-order valence-corrected chi connectivity index (χ0v) is 13.1. The Morgan fingerprint density at radius 2 is 2.00 bits per heavy atom. The number of anilines is 3. The summed E-state index contributed by atoms with van der Waals surface area (Å²) in [6.45, 7) is 7.78. The Morgan fingerprint density at radius 1 is 1.30 bits per heavy atom. The first-order chi connectivity index (χ1) is 9.30. The van der Waals surface area contributed by atoms with Gasteiger partial charge in [-0.25, -0.2) is 0 Å². The van der Waals surface area contributed by atoms with E-state index in [4.69, 9.17) is 4.74 Å². The largest absolute Gasteiger partial charge is 0.369 e. The summed E-state index contributed by atoms with van der Waals surface area (Å²) in [4.78, 5) is 17.4. The fraction of sp³-hybridized carbons (Fsp3) is 0.769. The van der Waals surface area contributed by atoms with Crippen molar-refractivity contribution < 1.29 is 4.74 Å². The molecule has 0 bridgehead atoms. The molecule has 0 aliphatic carbocycles. The molecular formula is C13H24N6O. The molecule has 7 heteroatoms. The molecule has 112 valence electrons. The Hall–Kier alpha value is -1.63. The maximum Gasteiger partial charge on any atom is 0.232 e. The second-order valence-corrected chi connectivity index (χ2v) is 5.97. The number of nitrogens with zero attached hydrogens (tertiary/aromatic N) is 5. The van der Waals surface area contributed by atoms with Crippen LogP contribution in [0.4, 0.5) is 17.8 Å². The summed E-state index contributed by atoms with van der Waals surface area (Å²) < 4.78 is 5.92. The lowest BCUT2D eigenvalue weighted by Crippen LogP contribution is -2.52. The van der Waals surface area contributed by atoms with E-state index in [1.807, 2.05) is 26.0 Å². The number of ether oxygens (including phenoxy) is 1. The first-order valence-corrected chi connectivity index (χ1v) is 6.84. The van der Waals surface area contributed by atoms with Gasteiger partial charge in [0.2, 0.25) is 17.8 Å². The molecule has 2 rings (SSSR count). The van der Waals surface area contributed by atoms with Gasteiger partial charge in [0.05, 0.1) is 11.7 Å². The number of morpholine rings is 1. The van der Waals surface area contributed by atoms with Gasteiger partial charge in [0.15, 0.2) is 0 Å². The van der Waals surface area contributed by atoms with E-state index in [2.05, 4.69) is 45.9 Å². The van der Waals surface area contributed by atoms with E-state index in [1.165, 1.54) is 0 Å². The second-order valence-electron chi connectivity index (χ2n) is 5.97. The topological polar surface area (TPSA) is 66.4 Å². The summed E-state index contributed by atoms with van der Waals surface area (Å²) in [5, 5.41) is 2.99. The van der Waals surface area contributed by atoms with Gasteiger partial charge in [-0.2, -0.15) is 15.0 Å². The van der Waals surface area contributed by atoms with Gasteiger partial charge in [-0.15, -0.1) is 0 Å². The lowest BCUT2D eigenvalue weighted by atomic mass is 10.1. The molecular weight excluding hydrogens is 256 g/mol. The number of rotatable bonds is 3. The van der Waals surface area contributed by atoms with Crippen LogP contribution < -0.4 is 15.1 Å². The van der Waals surface area contributed by atoms with Gasteiger partial charge in [-0.05, 0) is 20.8 Å². The summed E-state index contributed by atoms with van der Waals surface area (Å²) in [6, 6.07) is 0. The van der Waals surface area contributed by atoms with Gasteiger partial charge < -0.3 is 19.9 Å². The molecule has 1 aliphatic heterocycles. The van der Waals surface area contributed by atoms with Gasteiger partial charge >= 0.3 is 0 Å². The Labute approximate surface area is 120 Å². The summed E-state index contributed by atoms with van der Waals surface area (Å²) in [5.41, 5.74) is -0.206. The third kappa shape index (κ3) is 3.27. The SMILES string of the molecule is CNc1nc(N(C)C)nc(N2CC(C)OC(C)(C)C2)n1. The number of nitrogens with one attached hydrogen (secondary N) is 1. The summed E-state index contributed by atoms with van der Waals surface area (Å²) in [5.74, 6) is 1.92. The minimum absolute atomic E-state index is 0.149. The van der Waals surface area contributed by atoms with Crippen LogP contribution in [-0.2, 0) is 4.74 Å². The predicted octanol–water partition coefficient (Wildman–Crippen LogP) is 0.983. The summed E-state index contributed by atoms with van der Waals surface area (Å²) in [6.07, 6.45) is 0.149. The van der Waals surface area contributed by atoms with E-state index in [0.717, 1.165) is 13.1 Å². The van der Waals surface area contributed by atoms with Gasteiger partial charge in [0.1, 0.15) is 0 Å². The lowest BCUT2D eigenvalue weighted by molar-refractivity contribution is -0.0753. The molecule has 1 unspecified atom stereocenters. The molecule has 0 amide bonds. The third-order valence-electron chi connectivity index (χ3n) is 3.09. The van der Waals surface area contributed by atoms with Gasteiger partial charge in [-0.3, -0.25) is 0 Å². The highest BCUT2D eigenvalue weighted by molar-refractivity contribution is 5.44.